The van der Waals surface area contributed by atoms with Crippen molar-refractivity contribution in [2.75, 3.05) is 13.2 Å². The SMILES string of the molecule is O=C1CCN(OCCc2ccccc2)C(=O)N1. The molecule has 0 atom stereocenters. The van der Waals surface area contributed by atoms with Gasteiger partial charge in [-0.2, -0.15) is 0 Å². The molecule has 5 heteroatoms. The third-order valence-electron chi connectivity index (χ3n) is 2.50. The van der Waals surface area contributed by atoms with Gasteiger partial charge in [-0.3, -0.25) is 14.9 Å². The Morgan fingerprint density at radius 1 is 1.24 bits per heavy atom. The van der Waals surface area contributed by atoms with Gasteiger partial charge in [0.2, 0.25) is 5.91 Å². The Morgan fingerprint density at radius 2 is 2.00 bits per heavy atom. The van der Waals surface area contributed by atoms with Crippen molar-refractivity contribution < 1.29 is 14.4 Å². The lowest BCUT2D eigenvalue weighted by molar-refractivity contribution is -0.141. The van der Waals surface area contributed by atoms with Crippen LogP contribution in [0.15, 0.2) is 30.3 Å². The number of hydroxylamine groups is 2. The lowest BCUT2D eigenvalue weighted by Gasteiger charge is -2.25. The molecular formula is C12H14N2O3. The van der Waals surface area contributed by atoms with Gasteiger partial charge in [0.25, 0.3) is 0 Å². The van der Waals surface area contributed by atoms with Crippen molar-refractivity contribution >= 4 is 11.9 Å². The Kier molecular flexibility index (Phi) is 3.72. The predicted molar refractivity (Wildman–Crippen MR) is 61.0 cm³/mol. The van der Waals surface area contributed by atoms with E-state index in [-0.39, 0.29) is 12.3 Å². The van der Waals surface area contributed by atoms with Crippen molar-refractivity contribution in [1.82, 2.24) is 10.4 Å². The van der Waals surface area contributed by atoms with E-state index in [0.29, 0.717) is 13.2 Å². The van der Waals surface area contributed by atoms with Gasteiger partial charge in [0.15, 0.2) is 0 Å². The van der Waals surface area contributed by atoms with E-state index in [9.17, 15) is 9.59 Å². The minimum Gasteiger partial charge on any atom is -0.276 e. The van der Waals surface area contributed by atoms with Crippen LogP contribution in [0.4, 0.5) is 4.79 Å². The van der Waals surface area contributed by atoms with Gasteiger partial charge < -0.3 is 0 Å². The molecule has 0 aliphatic carbocycles. The van der Waals surface area contributed by atoms with E-state index in [1.54, 1.807) is 0 Å². The van der Waals surface area contributed by atoms with Gasteiger partial charge in [0.05, 0.1) is 13.2 Å². The molecule has 0 radical (unpaired) electrons. The van der Waals surface area contributed by atoms with Crippen LogP contribution in [0.25, 0.3) is 0 Å². The molecule has 0 bridgehead atoms. The van der Waals surface area contributed by atoms with Crippen LogP contribution < -0.4 is 5.32 Å². The molecule has 1 N–H and O–H groups in total. The van der Waals surface area contributed by atoms with Gasteiger partial charge in [0, 0.05) is 6.42 Å². The van der Waals surface area contributed by atoms with Crippen molar-refractivity contribution in [3.05, 3.63) is 35.9 Å². The second-order valence-corrected chi connectivity index (χ2v) is 3.77. The molecule has 5 nitrogen and oxygen atoms in total. The highest BCUT2D eigenvalue weighted by atomic mass is 16.7. The number of imide groups is 1. The molecular weight excluding hydrogens is 220 g/mol. The fourth-order valence-electron chi connectivity index (χ4n) is 1.59. The Labute approximate surface area is 99.3 Å². The highest BCUT2D eigenvalue weighted by Gasteiger charge is 2.23. The van der Waals surface area contributed by atoms with Gasteiger partial charge in [-0.1, -0.05) is 30.3 Å². The predicted octanol–water partition coefficient (Wildman–Crippen LogP) is 1.10. The van der Waals surface area contributed by atoms with E-state index in [1.165, 1.54) is 5.06 Å². The van der Waals surface area contributed by atoms with Crippen LogP contribution in [-0.2, 0) is 16.1 Å². The number of urea groups is 1. The summed E-state index contributed by atoms with van der Waals surface area (Å²) >= 11 is 0. The molecule has 1 aliphatic heterocycles. The summed E-state index contributed by atoms with van der Waals surface area (Å²) in [6.45, 7) is 0.741. The molecule has 17 heavy (non-hydrogen) atoms. The van der Waals surface area contributed by atoms with E-state index >= 15 is 0 Å². The summed E-state index contributed by atoms with van der Waals surface area (Å²) in [5, 5.41) is 3.40. The standard InChI is InChI=1S/C12H14N2O3/c15-11-6-8-14(12(16)13-11)17-9-7-10-4-2-1-3-5-10/h1-5H,6-9H2,(H,13,15,16). The number of benzene rings is 1. The van der Waals surface area contributed by atoms with E-state index in [1.807, 2.05) is 30.3 Å². The smallest absolute Gasteiger partial charge is 0.276 e. The van der Waals surface area contributed by atoms with E-state index in [2.05, 4.69) is 5.32 Å². The average molecular weight is 234 g/mol. The lowest BCUT2D eigenvalue weighted by Crippen LogP contribution is -2.49. The fourth-order valence-corrected chi connectivity index (χ4v) is 1.59. The number of hydrogen-bond donors (Lipinski definition) is 1. The van der Waals surface area contributed by atoms with Crippen LogP contribution in [0, 0.1) is 0 Å². The molecule has 2 rings (SSSR count). The van der Waals surface area contributed by atoms with Crippen LogP contribution in [0.3, 0.4) is 0 Å². The molecule has 1 saturated heterocycles. The van der Waals surface area contributed by atoms with Gasteiger partial charge in [-0.15, -0.1) is 0 Å². The molecule has 90 valence electrons. The van der Waals surface area contributed by atoms with Crippen LogP contribution >= 0.6 is 0 Å². The maximum atomic E-state index is 11.3. The summed E-state index contributed by atoms with van der Waals surface area (Å²) in [7, 11) is 0. The number of amides is 3. The second kappa shape index (κ2) is 5.45. The highest BCUT2D eigenvalue weighted by molar-refractivity contribution is 5.96. The number of carbonyl (C=O) groups is 2. The largest absolute Gasteiger partial charge is 0.347 e. The zero-order valence-electron chi connectivity index (χ0n) is 9.39. The second-order valence-electron chi connectivity index (χ2n) is 3.77. The molecule has 1 aromatic carbocycles. The summed E-state index contributed by atoms with van der Waals surface area (Å²) in [5.41, 5.74) is 1.15. The highest BCUT2D eigenvalue weighted by Crippen LogP contribution is 2.04. The Bertz CT molecular complexity index is 405. The summed E-state index contributed by atoms with van der Waals surface area (Å²) in [6.07, 6.45) is 1.02. The van der Waals surface area contributed by atoms with Gasteiger partial charge in [-0.05, 0) is 12.0 Å². The lowest BCUT2D eigenvalue weighted by atomic mass is 10.2. The monoisotopic (exact) mass is 234 g/mol. The average Bonchev–Trinajstić information content (AvgIpc) is 2.33. The number of hydrogen-bond acceptors (Lipinski definition) is 3. The molecule has 0 saturated carbocycles. The first-order valence-corrected chi connectivity index (χ1v) is 5.54. The first-order chi connectivity index (χ1) is 8.25. The van der Waals surface area contributed by atoms with Gasteiger partial charge in [-0.25, -0.2) is 9.86 Å². The number of nitrogens with zero attached hydrogens (tertiary/aromatic N) is 1. The molecule has 1 aromatic rings. The summed E-state index contributed by atoms with van der Waals surface area (Å²) in [6, 6.07) is 9.40. The number of rotatable bonds is 4. The fraction of sp³-hybridized carbons (Fsp3) is 0.333. The van der Waals surface area contributed by atoms with Gasteiger partial charge >= 0.3 is 6.03 Å². The third kappa shape index (κ3) is 3.29. The molecule has 0 unspecified atom stereocenters. The quantitative estimate of drug-likeness (QED) is 0.848. The molecule has 1 aliphatic rings. The summed E-state index contributed by atoms with van der Waals surface area (Å²) in [5.74, 6) is -0.252. The molecule has 1 heterocycles. The van der Waals surface area contributed by atoms with Crippen LogP contribution in [0.1, 0.15) is 12.0 Å². The maximum absolute atomic E-state index is 11.3. The molecule has 0 aromatic heterocycles. The number of carbonyl (C=O) groups excluding carboxylic acids is 2. The molecule has 1 fully saturated rings. The normalized spacial score (nSPS) is 15.9. The topological polar surface area (TPSA) is 58.6 Å². The van der Waals surface area contributed by atoms with Crippen LogP contribution in [0.2, 0.25) is 0 Å². The van der Waals surface area contributed by atoms with Gasteiger partial charge in [0.1, 0.15) is 0 Å². The zero-order valence-corrected chi connectivity index (χ0v) is 9.39. The molecule has 0 spiro atoms. The van der Waals surface area contributed by atoms with E-state index in [4.69, 9.17) is 4.84 Å². The Morgan fingerprint density at radius 3 is 2.71 bits per heavy atom. The first-order valence-electron chi connectivity index (χ1n) is 5.54. The van der Waals surface area contributed by atoms with E-state index < -0.39 is 6.03 Å². The van der Waals surface area contributed by atoms with Crippen LogP contribution in [-0.4, -0.2) is 30.2 Å². The minimum atomic E-state index is -0.477. The van der Waals surface area contributed by atoms with Crippen molar-refractivity contribution in [2.45, 2.75) is 12.8 Å². The Hall–Kier alpha value is -1.88. The van der Waals surface area contributed by atoms with E-state index in [0.717, 1.165) is 12.0 Å². The van der Waals surface area contributed by atoms with Crippen molar-refractivity contribution in [3.8, 4) is 0 Å². The molecule has 3 amide bonds. The van der Waals surface area contributed by atoms with Crippen molar-refractivity contribution in [3.63, 3.8) is 0 Å². The summed E-state index contributed by atoms with van der Waals surface area (Å²) in [4.78, 5) is 27.5. The van der Waals surface area contributed by atoms with Crippen molar-refractivity contribution in [2.24, 2.45) is 0 Å². The maximum Gasteiger partial charge on any atom is 0.347 e. The summed E-state index contributed by atoms with van der Waals surface area (Å²) < 4.78 is 0. The van der Waals surface area contributed by atoms with Crippen LogP contribution in [0.5, 0.6) is 0 Å². The number of nitrogens with one attached hydrogen (secondary N) is 1. The Balaban J connectivity index is 1.75. The zero-order chi connectivity index (χ0) is 12.1. The van der Waals surface area contributed by atoms with Crippen molar-refractivity contribution in [1.29, 1.82) is 0 Å². The first kappa shape index (κ1) is 11.6. The minimum absolute atomic E-state index is 0.252. The third-order valence-corrected chi connectivity index (χ3v) is 2.50.